The molecule has 3 nitrogen and oxygen atoms in total. The first-order valence-electron chi connectivity index (χ1n) is 7.33. The van der Waals surface area contributed by atoms with Gasteiger partial charge in [0.15, 0.2) is 0 Å². The number of nitrogens with one attached hydrogen (secondary N) is 1. The third-order valence-electron chi connectivity index (χ3n) is 3.78. The Morgan fingerprint density at radius 2 is 1.91 bits per heavy atom. The topological polar surface area (TPSA) is 50.9 Å². The molecule has 3 N–H and O–H groups in total. The summed E-state index contributed by atoms with van der Waals surface area (Å²) in [4.78, 5) is 4.50. The van der Waals surface area contributed by atoms with Crippen LogP contribution in [0, 0.1) is 12.7 Å². The highest BCUT2D eigenvalue weighted by Gasteiger charge is 2.09. The van der Waals surface area contributed by atoms with Crippen molar-refractivity contribution in [3.05, 3.63) is 64.4 Å². The fraction of sp³-hybridized carbons (Fsp3) is 0.167. The van der Waals surface area contributed by atoms with Crippen LogP contribution in [0.15, 0.2) is 42.5 Å². The van der Waals surface area contributed by atoms with Gasteiger partial charge in [-0.2, -0.15) is 0 Å². The normalized spacial score (nSPS) is 12.4. The predicted octanol–water partition coefficient (Wildman–Crippen LogP) is 5.10. The van der Waals surface area contributed by atoms with Gasteiger partial charge in [0.2, 0.25) is 0 Å². The van der Waals surface area contributed by atoms with E-state index in [4.69, 9.17) is 17.3 Å². The van der Waals surface area contributed by atoms with Crippen molar-refractivity contribution in [1.82, 2.24) is 4.98 Å². The molecule has 23 heavy (non-hydrogen) atoms. The summed E-state index contributed by atoms with van der Waals surface area (Å²) in [5.41, 5.74) is 8.52. The van der Waals surface area contributed by atoms with Crippen LogP contribution in [0.5, 0.6) is 0 Å². The van der Waals surface area contributed by atoms with Crippen molar-refractivity contribution in [1.29, 1.82) is 0 Å². The van der Waals surface area contributed by atoms with Crippen LogP contribution in [-0.4, -0.2) is 4.98 Å². The Hall–Kier alpha value is -2.17. The van der Waals surface area contributed by atoms with Gasteiger partial charge in [0.05, 0.1) is 16.2 Å². The smallest absolute Gasteiger partial charge is 0.147 e. The van der Waals surface area contributed by atoms with Crippen molar-refractivity contribution >= 4 is 34.0 Å². The van der Waals surface area contributed by atoms with E-state index in [0.717, 1.165) is 16.5 Å². The van der Waals surface area contributed by atoms with Crippen LogP contribution in [0.1, 0.15) is 24.1 Å². The summed E-state index contributed by atoms with van der Waals surface area (Å²) in [6.45, 7) is 3.74. The van der Waals surface area contributed by atoms with Crippen molar-refractivity contribution in [2.75, 3.05) is 5.32 Å². The highest BCUT2D eigenvalue weighted by molar-refractivity contribution is 6.35. The van der Waals surface area contributed by atoms with E-state index in [0.29, 0.717) is 22.0 Å². The molecule has 5 heteroatoms. The standard InChI is InChI=1S/C18H17ClFN3/c1-10-3-4-12-6-8-16(23-18(12)17(10)19)22-15-7-5-13(11(2)21)9-14(15)20/h3-9,11H,21H2,1-2H3,(H,22,23). The van der Waals surface area contributed by atoms with E-state index >= 15 is 0 Å². The van der Waals surface area contributed by atoms with E-state index in [1.807, 2.05) is 32.0 Å². The van der Waals surface area contributed by atoms with Crippen molar-refractivity contribution in [2.45, 2.75) is 19.9 Å². The average Bonchev–Trinajstić information content (AvgIpc) is 2.53. The Labute approximate surface area is 139 Å². The minimum atomic E-state index is -0.364. The molecule has 0 bridgehead atoms. The summed E-state index contributed by atoms with van der Waals surface area (Å²) >= 11 is 6.31. The molecule has 0 fully saturated rings. The van der Waals surface area contributed by atoms with Crippen molar-refractivity contribution in [2.24, 2.45) is 5.73 Å². The average molecular weight is 330 g/mol. The molecular formula is C18H17ClFN3. The van der Waals surface area contributed by atoms with E-state index in [2.05, 4.69) is 10.3 Å². The van der Waals surface area contributed by atoms with Gasteiger partial charge in [0, 0.05) is 11.4 Å². The molecule has 118 valence electrons. The zero-order valence-corrected chi connectivity index (χ0v) is 13.7. The minimum absolute atomic E-state index is 0.209. The predicted molar refractivity (Wildman–Crippen MR) is 93.8 cm³/mol. The van der Waals surface area contributed by atoms with Gasteiger partial charge in [-0.3, -0.25) is 0 Å². The van der Waals surface area contributed by atoms with E-state index in [1.165, 1.54) is 6.07 Å². The number of halogens is 2. The lowest BCUT2D eigenvalue weighted by molar-refractivity contribution is 0.626. The van der Waals surface area contributed by atoms with Crippen LogP contribution in [0.3, 0.4) is 0 Å². The first kappa shape index (κ1) is 15.7. The number of nitrogens with two attached hydrogens (primary N) is 1. The number of nitrogens with zero attached hydrogens (tertiary/aromatic N) is 1. The fourth-order valence-corrected chi connectivity index (χ4v) is 2.59. The molecule has 1 aromatic heterocycles. The van der Waals surface area contributed by atoms with Gasteiger partial charge in [0.25, 0.3) is 0 Å². The van der Waals surface area contributed by atoms with Crippen LogP contribution < -0.4 is 11.1 Å². The first-order valence-corrected chi connectivity index (χ1v) is 7.71. The monoisotopic (exact) mass is 329 g/mol. The molecule has 0 spiro atoms. The number of aryl methyl sites for hydroxylation is 1. The number of fused-ring (bicyclic) bond motifs is 1. The number of hydrogen-bond donors (Lipinski definition) is 2. The molecule has 0 radical (unpaired) electrons. The second-order valence-corrected chi connectivity index (χ2v) is 6.00. The lowest BCUT2D eigenvalue weighted by Crippen LogP contribution is -2.06. The third-order valence-corrected chi connectivity index (χ3v) is 4.25. The Morgan fingerprint density at radius 3 is 2.61 bits per heavy atom. The molecule has 3 rings (SSSR count). The molecule has 1 heterocycles. The second kappa shape index (κ2) is 6.14. The quantitative estimate of drug-likeness (QED) is 0.703. The number of hydrogen-bond acceptors (Lipinski definition) is 3. The highest BCUT2D eigenvalue weighted by Crippen LogP contribution is 2.28. The maximum Gasteiger partial charge on any atom is 0.147 e. The van der Waals surface area contributed by atoms with Crippen molar-refractivity contribution in [3.8, 4) is 0 Å². The summed E-state index contributed by atoms with van der Waals surface area (Å²) < 4.78 is 14.2. The number of aromatic nitrogens is 1. The van der Waals surface area contributed by atoms with Crippen molar-refractivity contribution in [3.63, 3.8) is 0 Å². The lowest BCUT2D eigenvalue weighted by atomic mass is 10.1. The molecule has 1 atom stereocenters. The Kier molecular flexibility index (Phi) is 4.20. The molecule has 0 aliphatic rings. The van der Waals surface area contributed by atoms with Crippen molar-refractivity contribution < 1.29 is 4.39 Å². The van der Waals surface area contributed by atoms with Gasteiger partial charge >= 0.3 is 0 Å². The van der Waals surface area contributed by atoms with Gasteiger partial charge in [-0.15, -0.1) is 0 Å². The Morgan fingerprint density at radius 1 is 1.17 bits per heavy atom. The minimum Gasteiger partial charge on any atom is -0.338 e. The van der Waals surface area contributed by atoms with E-state index < -0.39 is 0 Å². The molecule has 3 aromatic rings. The van der Waals surface area contributed by atoms with Gasteiger partial charge in [0.1, 0.15) is 11.6 Å². The van der Waals surface area contributed by atoms with Crippen LogP contribution in [0.25, 0.3) is 10.9 Å². The van der Waals surface area contributed by atoms with Crippen LogP contribution >= 0.6 is 11.6 Å². The van der Waals surface area contributed by atoms with E-state index in [9.17, 15) is 4.39 Å². The largest absolute Gasteiger partial charge is 0.338 e. The fourth-order valence-electron chi connectivity index (χ4n) is 2.38. The van der Waals surface area contributed by atoms with E-state index in [1.54, 1.807) is 18.2 Å². The third kappa shape index (κ3) is 3.14. The zero-order valence-electron chi connectivity index (χ0n) is 12.9. The lowest BCUT2D eigenvalue weighted by Gasteiger charge is -2.11. The molecular weight excluding hydrogens is 313 g/mol. The summed E-state index contributed by atoms with van der Waals surface area (Å²) in [7, 11) is 0. The van der Waals surface area contributed by atoms with Gasteiger partial charge < -0.3 is 11.1 Å². The molecule has 0 amide bonds. The molecule has 0 saturated heterocycles. The van der Waals surface area contributed by atoms with Crippen LogP contribution in [0.2, 0.25) is 5.02 Å². The maximum atomic E-state index is 14.2. The summed E-state index contributed by atoms with van der Waals surface area (Å²) in [5.74, 6) is 0.175. The first-order chi connectivity index (χ1) is 11.0. The molecule has 0 aliphatic carbocycles. The molecule has 1 unspecified atom stereocenters. The highest BCUT2D eigenvalue weighted by atomic mass is 35.5. The van der Waals surface area contributed by atoms with Gasteiger partial charge in [-0.05, 0) is 49.2 Å². The zero-order chi connectivity index (χ0) is 16.6. The number of anilines is 2. The summed E-state index contributed by atoms with van der Waals surface area (Å²) in [6, 6.07) is 12.3. The number of rotatable bonds is 3. The Balaban J connectivity index is 1.97. The molecule has 2 aromatic carbocycles. The summed E-state index contributed by atoms with van der Waals surface area (Å²) in [6.07, 6.45) is 0. The maximum absolute atomic E-state index is 14.2. The van der Waals surface area contributed by atoms with Crippen LogP contribution in [0.4, 0.5) is 15.9 Å². The number of benzene rings is 2. The van der Waals surface area contributed by atoms with Gasteiger partial charge in [-0.25, -0.2) is 9.37 Å². The van der Waals surface area contributed by atoms with Crippen LogP contribution in [-0.2, 0) is 0 Å². The van der Waals surface area contributed by atoms with E-state index in [-0.39, 0.29) is 11.9 Å². The number of pyridine rings is 1. The molecule has 0 saturated carbocycles. The SMILES string of the molecule is Cc1ccc2ccc(Nc3ccc(C(C)N)cc3F)nc2c1Cl. The van der Waals surface area contributed by atoms with Gasteiger partial charge in [-0.1, -0.05) is 29.8 Å². The summed E-state index contributed by atoms with van der Waals surface area (Å²) in [5, 5.41) is 4.55. The molecule has 0 aliphatic heterocycles. The Bertz CT molecular complexity index is 878. The second-order valence-electron chi connectivity index (χ2n) is 5.62.